The van der Waals surface area contributed by atoms with Crippen molar-refractivity contribution in [2.24, 2.45) is 0 Å². The van der Waals surface area contributed by atoms with E-state index < -0.39 is 0 Å². The second-order valence-corrected chi connectivity index (χ2v) is 6.06. The van der Waals surface area contributed by atoms with Gasteiger partial charge in [0.15, 0.2) is 0 Å². The lowest BCUT2D eigenvalue weighted by atomic mass is 10.4. The van der Waals surface area contributed by atoms with E-state index in [9.17, 15) is 0 Å². The lowest BCUT2D eigenvalue weighted by Crippen LogP contribution is -1.63. The van der Waals surface area contributed by atoms with Crippen LogP contribution in [-0.4, -0.2) is 0 Å². The van der Waals surface area contributed by atoms with Gasteiger partial charge < -0.3 is 0 Å². The first-order valence-electron chi connectivity index (χ1n) is 3.33. The third-order valence-corrected chi connectivity index (χ3v) is 2.92. The Bertz CT molecular complexity index is 259. The van der Waals surface area contributed by atoms with Gasteiger partial charge in [0.05, 0.1) is 3.39 Å². The second kappa shape index (κ2) is 4.43. The van der Waals surface area contributed by atoms with Crippen LogP contribution in [0.1, 0.15) is 16.7 Å². The van der Waals surface area contributed by atoms with Crippen molar-refractivity contribution in [3.8, 4) is 0 Å². The van der Waals surface area contributed by atoms with Gasteiger partial charge in [-0.1, -0.05) is 6.92 Å². The maximum absolute atomic E-state index is 3.33. The van der Waals surface area contributed by atoms with Gasteiger partial charge in [0.25, 0.3) is 0 Å². The third-order valence-electron chi connectivity index (χ3n) is 1.28. The standard InChI is InChI=1S/C8H8Br2S/c1-2-6-3-4-7(11-6)5-8(9)10/h3-5H,2H2,1H3. The fraction of sp³-hybridized carbons (Fsp3) is 0.250. The Labute approximate surface area is 87.6 Å². The average molecular weight is 296 g/mol. The molecule has 3 heteroatoms. The van der Waals surface area contributed by atoms with Crippen molar-refractivity contribution < 1.29 is 0 Å². The summed E-state index contributed by atoms with van der Waals surface area (Å²) in [4.78, 5) is 2.71. The zero-order chi connectivity index (χ0) is 8.27. The molecule has 0 aliphatic rings. The minimum Gasteiger partial charge on any atom is -0.141 e. The highest BCUT2D eigenvalue weighted by Crippen LogP contribution is 2.23. The Hall–Kier alpha value is 0.400. The average Bonchev–Trinajstić information content (AvgIpc) is 2.34. The zero-order valence-corrected chi connectivity index (χ0v) is 10.1. The minimum absolute atomic E-state index is 0.995. The molecule has 11 heavy (non-hydrogen) atoms. The first-order chi connectivity index (χ1) is 5.22. The summed E-state index contributed by atoms with van der Waals surface area (Å²) in [5.41, 5.74) is 0. The van der Waals surface area contributed by atoms with E-state index in [4.69, 9.17) is 0 Å². The van der Waals surface area contributed by atoms with E-state index in [2.05, 4.69) is 57.0 Å². The quantitative estimate of drug-likeness (QED) is 0.759. The van der Waals surface area contributed by atoms with Crippen LogP contribution in [0.5, 0.6) is 0 Å². The molecule has 0 spiro atoms. The van der Waals surface area contributed by atoms with E-state index in [0.717, 1.165) is 9.81 Å². The maximum atomic E-state index is 3.33. The number of aryl methyl sites for hydroxylation is 1. The van der Waals surface area contributed by atoms with E-state index in [-0.39, 0.29) is 0 Å². The Kier molecular flexibility index (Phi) is 3.82. The van der Waals surface area contributed by atoms with E-state index in [1.807, 2.05) is 11.3 Å². The van der Waals surface area contributed by atoms with Crippen molar-refractivity contribution in [3.63, 3.8) is 0 Å². The third kappa shape index (κ3) is 3.09. The van der Waals surface area contributed by atoms with Crippen LogP contribution in [0, 0.1) is 0 Å². The van der Waals surface area contributed by atoms with Gasteiger partial charge in [-0.15, -0.1) is 11.3 Å². The Morgan fingerprint density at radius 1 is 1.55 bits per heavy atom. The van der Waals surface area contributed by atoms with Crippen LogP contribution >= 0.6 is 43.2 Å². The van der Waals surface area contributed by atoms with Gasteiger partial charge in [-0.05, 0) is 56.5 Å². The van der Waals surface area contributed by atoms with Crippen LogP contribution in [0.25, 0.3) is 6.08 Å². The summed E-state index contributed by atoms with van der Waals surface area (Å²) < 4.78 is 0.995. The van der Waals surface area contributed by atoms with E-state index in [0.29, 0.717) is 0 Å². The summed E-state index contributed by atoms with van der Waals surface area (Å²) in [5, 5.41) is 0. The fourth-order valence-electron chi connectivity index (χ4n) is 0.770. The lowest BCUT2D eigenvalue weighted by molar-refractivity contribution is 1.19. The van der Waals surface area contributed by atoms with Gasteiger partial charge in [-0.2, -0.15) is 0 Å². The smallest absolute Gasteiger partial charge is 0.0618 e. The molecule has 0 aliphatic carbocycles. The molecule has 0 saturated carbocycles. The molecule has 1 aromatic heterocycles. The lowest BCUT2D eigenvalue weighted by Gasteiger charge is -1.84. The molecule has 60 valence electrons. The number of rotatable bonds is 2. The van der Waals surface area contributed by atoms with Crippen LogP contribution < -0.4 is 0 Å². The topological polar surface area (TPSA) is 0 Å². The highest BCUT2D eigenvalue weighted by atomic mass is 79.9. The summed E-state index contributed by atoms with van der Waals surface area (Å²) in [6, 6.07) is 4.30. The normalized spacial score (nSPS) is 9.73. The highest BCUT2D eigenvalue weighted by Gasteiger charge is 1.94. The summed E-state index contributed by atoms with van der Waals surface area (Å²) in [6.45, 7) is 2.17. The molecule has 0 atom stereocenters. The van der Waals surface area contributed by atoms with Crippen molar-refractivity contribution in [1.82, 2.24) is 0 Å². The van der Waals surface area contributed by atoms with E-state index >= 15 is 0 Å². The molecular formula is C8H8Br2S. The van der Waals surface area contributed by atoms with Crippen LogP contribution in [0.15, 0.2) is 15.5 Å². The maximum Gasteiger partial charge on any atom is 0.0618 e. The van der Waals surface area contributed by atoms with Crippen molar-refractivity contribution in [2.45, 2.75) is 13.3 Å². The number of halogens is 2. The van der Waals surface area contributed by atoms with Gasteiger partial charge in [0.2, 0.25) is 0 Å². The van der Waals surface area contributed by atoms with Gasteiger partial charge >= 0.3 is 0 Å². The Morgan fingerprint density at radius 3 is 2.73 bits per heavy atom. The number of thiophene rings is 1. The predicted octanol–water partition coefficient (Wildman–Crippen LogP) is 4.40. The molecular weight excluding hydrogens is 288 g/mol. The van der Waals surface area contributed by atoms with Gasteiger partial charge in [-0.3, -0.25) is 0 Å². The first kappa shape index (κ1) is 9.49. The van der Waals surface area contributed by atoms with Crippen molar-refractivity contribution in [3.05, 3.63) is 25.3 Å². The highest BCUT2D eigenvalue weighted by molar-refractivity contribution is 9.28. The van der Waals surface area contributed by atoms with Crippen molar-refractivity contribution in [1.29, 1.82) is 0 Å². The molecule has 0 nitrogen and oxygen atoms in total. The Balaban J connectivity index is 2.81. The van der Waals surface area contributed by atoms with Gasteiger partial charge in [0, 0.05) is 9.75 Å². The molecule has 0 N–H and O–H groups in total. The summed E-state index contributed by atoms with van der Waals surface area (Å²) in [5.74, 6) is 0. The first-order valence-corrected chi connectivity index (χ1v) is 5.74. The molecule has 0 aliphatic heterocycles. The van der Waals surface area contributed by atoms with E-state index in [1.165, 1.54) is 9.75 Å². The molecule has 0 bridgehead atoms. The van der Waals surface area contributed by atoms with Gasteiger partial charge in [-0.25, -0.2) is 0 Å². The van der Waals surface area contributed by atoms with Crippen LogP contribution in [-0.2, 0) is 6.42 Å². The molecule has 0 fully saturated rings. The van der Waals surface area contributed by atoms with E-state index in [1.54, 1.807) is 0 Å². The summed E-state index contributed by atoms with van der Waals surface area (Å²) >= 11 is 8.48. The number of hydrogen-bond donors (Lipinski definition) is 0. The minimum atomic E-state index is 0.995. The van der Waals surface area contributed by atoms with Crippen LogP contribution in [0.3, 0.4) is 0 Å². The molecule has 1 aromatic rings. The van der Waals surface area contributed by atoms with Crippen molar-refractivity contribution >= 4 is 49.3 Å². The molecule has 0 saturated heterocycles. The SMILES string of the molecule is CCc1ccc(C=C(Br)Br)s1. The van der Waals surface area contributed by atoms with Crippen LogP contribution in [0.2, 0.25) is 0 Å². The largest absolute Gasteiger partial charge is 0.141 e. The monoisotopic (exact) mass is 294 g/mol. The molecule has 1 heterocycles. The molecule has 0 unspecified atom stereocenters. The molecule has 0 amide bonds. The molecule has 0 radical (unpaired) electrons. The van der Waals surface area contributed by atoms with Crippen molar-refractivity contribution in [2.75, 3.05) is 0 Å². The summed E-state index contributed by atoms with van der Waals surface area (Å²) in [6.07, 6.45) is 3.18. The predicted molar refractivity (Wildman–Crippen MR) is 59.5 cm³/mol. The fourth-order valence-corrected chi connectivity index (χ4v) is 2.46. The molecule has 0 aromatic carbocycles. The van der Waals surface area contributed by atoms with Gasteiger partial charge in [0.1, 0.15) is 0 Å². The van der Waals surface area contributed by atoms with Crippen LogP contribution in [0.4, 0.5) is 0 Å². The Morgan fingerprint density at radius 2 is 2.27 bits per heavy atom. The second-order valence-electron chi connectivity index (χ2n) is 2.09. The zero-order valence-electron chi connectivity index (χ0n) is 6.10. The summed E-state index contributed by atoms with van der Waals surface area (Å²) in [7, 11) is 0. The molecule has 1 rings (SSSR count). The number of hydrogen-bond acceptors (Lipinski definition) is 1.